The molecule has 0 bridgehead atoms. The van der Waals surface area contributed by atoms with E-state index in [1.54, 1.807) is 6.92 Å². The van der Waals surface area contributed by atoms with E-state index in [0.717, 1.165) is 9.26 Å². The van der Waals surface area contributed by atoms with Crippen LogP contribution in [0.4, 0.5) is 11.5 Å². The molecule has 2 rings (SSSR count). The summed E-state index contributed by atoms with van der Waals surface area (Å²) in [6, 6.07) is 9.75. The monoisotopic (exact) mass is 370 g/mol. The molecule has 0 spiro atoms. The summed E-state index contributed by atoms with van der Waals surface area (Å²) in [4.78, 5) is 8.14. The molecule has 0 saturated heterocycles. The zero-order valence-electron chi connectivity index (χ0n) is 9.41. The second-order valence-electron chi connectivity index (χ2n) is 3.53. The van der Waals surface area contributed by atoms with Gasteiger partial charge in [0.1, 0.15) is 17.5 Å². The minimum absolute atomic E-state index is 0.165. The molecular weight excluding hydrogens is 363 g/mol. The van der Waals surface area contributed by atoms with Crippen molar-refractivity contribution < 1.29 is 0 Å². The fraction of sp³-hybridized carbons (Fsp3) is 0.0833. The molecule has 1 heterocycles. The Morgan fingerprint density at radius 2 is 1.94 bits per heavy atom. The van der Waals surface area contributed by atoms with E-state index < -0.39 is 0 Å². The Morgan fingerprint density at radius 1 is 1.28 bits per heavy atom. The summed E-state index contributed by atoms with van der Waals surface area (Å²) < 4.78 is 1.13. The minimum Gasteiger partial charge on any atom is -0.339 e. The second-order valence-corrected chi connectivity index (χ2v) is 5.13. The predicted octanol–water partition coefficient (Wildman–Crippen LogP) is 3.66. The van der Waals surface area contributed by atoms with Crippen LogP contribution in [0.1, 0.15) is 11.4 Å². The maximum atomic E-state index is 9.06. The molecule has 18 heavy (non-hydrogen) atoms. The number of aryl methyl sites for hydroxylation is 1. The van der Waals surface area contributed by atoms with Crippen molar-refractivity contribution in [2.24, 2.45) is 0 Å². The Morgan fingerprint density at radius 3 is 2.56 bits per heavy atom. The quantitative estimate of drug-likeness (QED) is 0.647. The molecule has 1 N–H and O–H groups in total. The van der Waals surface area contributed by atoms with Crippen molar-refractivity contribution in [3.05, 3.63) is 44.4 Å². The lowest BCUT2D eigenvalue weighted by molar-refractivity contribution is 1.05. The number of hydrogen-bond acceptors (Lipinski definition) is 4. The molecule has 1 aromatic heterocycles. The van der Waals surface area contributed by atoms with Crippen molar-refractivity contribution in [3.63, 3.8) is 0 Å². The lowest BCUT2D eigenvalue weighted by Gasteiger charge is -2.08. The Kier molecular flexibility index (Phi) is 3.99. The highest BCUT2D eigenvalue weighted by Crippen LogP contribution is 2.23. The van der Waals surface area contributed by atoms with Crippen LogP contribution in [-0.4, -0.2) is 9.97 Å². The zero-order valence-corrected chi connectivity index (χ0v) is 12.3. The third kappa shape index (κ3) is 2.89. The summed E-state index contributed by atoms with van der Waals surface area (Å²) in [5.41, 5.74) is 1.10. The van der Waals surface area contributed by atoms with E-state index in [0.29, 0.717) is 11.6 Å². The third-order valence-electron chi connectivity index (χ3n) is 2.20. The van der Waals surface area contributed by atoms with Crippen LogP contribution in [0.25, 0.3) is 0 Å². The highest BCUT2D eigenvalue weighted by atomic mass is 127. The molecule has 0 saturated carbocycles. The Labute approximate surface area is 123 Å². The number of anilines is 2. The first-order chi connectivity index (χ1) is 8.60. The standard InChI is InChI=1S/C12H8ClIN4/c1-7-16-11(13)10(6-15)12(17-7)18-9-4-2-8(14)3-5-9/h2-5H,1H3,(H,16,17,18). The van der Waals surface area contributed by atoms with Gasteiger partial charge in [-0.2, -0.15) is 5.26 Å². The Balaban J connectivity index is 2.40. The molecule has 0 amide bonds. The largest absolute Gasteiger partial charge is 0.339 e. The summed E-state index contributed by atoms with van der Waals surface area (Å²) >= 11 is 8.14. The van der Waals surface area contributed by atoms with Gasteiger partial charge >= 0.3 is 0 Å². The number of aromatic nitrogens is 2. The van der Waals surface area contributed by atoms with E-state index in [9.17, 15) is 0 Å². The normalized spacial score (nSPS) is 9.89. The van der Waals surface area contributed by atoms with Gasteiger partial charge in [-0.3, -0.25) is 0 Å². The van der Waals surface area contributed by atoms with Gasteiger partial charge in [-0.05, 0) is 53.8 Å². The summed E-state index contributed by atoms with van der Waals surface area (Å²) in [5.74, 6) is 0.947. The van der Waals surface area contributed by atoms with Crippen LogP contribution < -0.4 is 5.32 Å². The zero-order chi connectivity index (χ0) is 13.1. The number of hydrogen-bond donors (Lipinski definition) is 1. The van der Waals surface area contributed by atoms with Gasteiger partial charge in [0.2, 0.25) is 0 Å². The molecule has 0 aliphatic carbocycles. The molecular formula is C12H8ClIN4. The van der Waals surface area contributed by atoms with Gasteiger partial charge in [-0.15, -0.1) is 0 Å². The molecule has 2 aromatic rings. The van der Waals surface area contributed by atoms with Gasteiger partial charge in [-0.1, -0.05) is 11.6 Å². The molecule has 0 radical (unpaired) electrons. The summed E-state index contributed by atoms with van der Waals surface area (Å²) in [6.45, 7) is 1.73. The number of nitriles is 1. The molecule has 0 aliphatic heterocycles. The van der Waals surface area contributed by atoms with Crippen molar-refractivity contribution in [1.82, 2.24) is 9.97 Å². The highest BCUT2D eigenvalue weighted by molar-refractivity contribution is 14.1. The van der Waals surface area contributed by atoms with Gasteiger partial charge in [0.15, 0.2) is 11.0 Å². The molecule has 0 fully saturated rings. The van der Waals surface area contributed by atoms with E-state index in [2.05, 4.69) is 37.9 Å². The van der Waals surface area contributed by atoms with E-state index >= 15 is 0 Å². The Hall–Kier alpha value is -1.39. The van der Waals surface area contributed by atoms with Crippen LogP contribution in [0.3, 0.4) is 0 Å². The van der Waals surface area contributed by atoms with Crippen LogP contribution >= 0.6 is 34.2 Å². The number of nitrogens with zero attached hydrogens (tertiary/aromatic N) is 3. The van der Waals surface area contributed by atoms with E-state index in [1.165, 1.54) is 0 Å². The maximum absolute atomic E-state index is 9.06. The molecule has 4 nitrogen and oxygen atoms in total. The highest BCUT2D eigenvalue weighted by Gasteiger charge is 2.11. The first-order valence-electron chi connectivity index (χ1n) is 5.07. The first-order valence-corrected chi connectivity index (χ1v) is 6.52. The molecule has 90 valence electrons. The van der Waals surface area contributed by atoms with Crippen LogP contribution in [0.2, 0.25) is 5.15 Å². The topological polar surface area (TPSA) is 61.6 Å². The maximum Gasteiger partial charge on any atom is 0.153 e. The molecule has 0 atom stereocenters. The number of rotatable bonds is 2. The summed E-state index contributed by atoms with van der Waals surface area (Å²) in [5, 5.41) is 12.3. The summed E-state index contributed by atoms with van der Waals surface area (Å²) in [6.07, 6.45) is 0. The number of benzene rings is 1. The first kappa shape index (κ1) is 13.1. The van der Waals surface area contributed by atoms with E-state index in [1.807, 2.05) is 30.3 Å². The van der Waals surface area contributed by atoms with E-state index in [4.69, 9.17) is 16.9 Å². The third-order valence-corrected chi connectivity index (χ3v) is 3.19. The van der Waals surface area contributed by atoms with Crippen molar-refractivity contribution in [2.45, 2.75) is 6.92 Å². The van der Waals surface area contributed by atoms with Crippen LogP contribution in [-0.2, 0) is 0 Å². The molecule has 1 aromatic carbocycles. The predicted molar refractivity (Wildman–Crippen MR) is 78.9 cm³/mol. The van der Waals surface area contributed by atoms with Gasteiger partial charge < -0.3 is 5.32 Å². The van der Waals surface area contributed by atoms with Crippen LogP contribution in [0.15, 0.2) is 24.3 Å². The SMILES string of the molecule is Cc1nc(Cl)c(C#N)c(Nc2ccc(I)cc2)n1. The Bertz CT molecular complexity index is 619. The van der Waals surface area contributed by atoms with Crippen LogP contribution in [0, 0.1) is 21.8 Å². The second kappa shape index (κ2) is 5.50. The number of nitrogens with one attached hydrogen (secondary N) is 1. The fourth-order valence-corrected chi connectivity index (χ4v) is 2.01. The van der Waals surface area contributed by atoms with E-state index in [-0.39, 0.29) is 10.7 Å². The molecule has 6 heteroatoms. The average Bonchev–Trinajstić information content (AvgIpc) is 2.32. The molecule has 0 unspecified atom stereocenters. The van der Waals surface area contributed by atoms with Gasteiger partial charge in [0.25, 0.3) is 0 Å². The lowest BCUT2D eigenvalue weighted by atomic mass is 10.3. The average molecular weight is 371 g/mol. The van der Waals surface area contributed by atoms with Crippen molar-refractivity contribution >= 4 is 45.7 Å². The van der Waals surface area contributed by atoms with Crippen molar-refractivity contribution in [3.8, 4) is 6.07 Å². The van der Waals surface area contributed by atoms with Crippen molar-refractivity contribution in [2.75, 3.05) is 5.32 Å². The minimum atomic E-state index is 0.165. The lowest BCUT2D eigenvalue weighted by Crippen LogP contribution is -2.01. The van der Waals surface area contributed by atoms with Gasteiger partial charge in [0, 0.05) is 9.26 Å². The summed E-state index contributed by atoms with van der Waals surface area (Å²) in [7, 11) is 0. The van der Waals surface area contributed by atoms with Crippen molar-refractivity contribution in [1.29, 1.82) is 5.26 Å². The number of halogens is 2. The van der Waals surface area contributed by atoms with Gasteiger partial charge in [-0.25, -0.2) is 9.97 Å². The molecule has 0 aliphatic rings. The van der Waals surface area contributed by atoms with Gasteiger partial charge in [0.05, 0.1) is 0 Å². The smallest absolute Gasteiger partial charge is 0.153 e. The fourth-order valence-electron chi connectivity index (χ4n) is 1.40. The van der Waals surface area contributed by atoms with Crippen LogP contribution in [0.5, 0.6) is 0 Å².